The molecule has 4 heteroatoms. The van der Waals surface area contributed by atoms with Crippen LogP contribution in [0.15, 0.2) is 0 Å². The number of amides is 1. The minimum atomic E-state index is 0.138. The van der Waals surface area contributed by atoms with Crippen LogP contribution in [-0.4, -0.2) is 72.5 Å². The molecule has 27 heavy (non-hydrogen) atoms. The van der Waals surface area contributed by atoms with Crippen LogP contribution in [-0.2, 0) is 4.79 Å². The number of likely N-dealkylation sites (tertiary alicyclic amines) is 3. The smallest absolute Gasteiger partial charge is 0.225 e. The van der Waals surface area contributed by atoms with E-state index < -0.39 is 0 Å². The van der Waals surface area contributed by atoms with Crippen LogP contribution in [0.3, 0.4) is 0 Å². The summed E-state index contributed by atoms with van der Waals surface area (Å²) >= 11 is 0. The fourth-order valence-electron chi connectivity index (χ4n) is 5.56. The molecular weight excluding hydrogens is 334 g/mol. The number of hydrogen-bond acceptors (Lipinski definition) is 3. The highest BCUT2D eigenvalue weighted by Crippen LogP contribution is 2.28. The lowest BCUT2D eigenvalue weighted by molar-refractivity contribution is -0.136. The Labute approximate surface area is 167 Å². The first-order chi connectivity index (χ1) is 12.9. The van der Waals surface area contributed by atoms with Gasteiger partial charge in [0.1, 0.15) is 0 Å². The van der Waals surface area contributed by atoms with Gasteiger partial charge in [-0.2, -0.15) is 0 Å². The van der Waals surface area contributed by atoms with Crippen molar-refractivity contribution in [3.05, 3.63) is 0 Å². The van der Waals surface area contributed by atoms with Gasteiger partial charge >= 0.3 is 0 Å². The van der Waals surface area contributed by atoms with Crippen molar-refractivity contribution in [3.63, 3.8) is 0 Å². The largest absolute Gasteiger partial charge is 0.342 e. The molecule has 0 bridgehead atoms. The molecule has 1 atom stereocenters. The summed E-state index contributed by atoms with van der Waals surface area (Å²) in [5.41, 5.74) is 0. The molecule has 1 amide bonds. The predicted molar refractivity (Wildman–Crippen MR) is 113 cm³/mol. The molecule has 3 heterocycles. The first-order valence-electron chi connectivity index (χ1n) is 11.7. The number of carbonyl (C=O) groups is 1. The number of piperidine rings is 3. The van der Waals surface area contributed by atoms with Gasteiger partial charge in [-0.25, -0.2) is 0 Å². The molecule has 0 spiro atoms. The zero-order valence-electron chi connectivity index (χ0n) is 18.3. The Bertz CT molecular complexity index is 462. The van der Waals surface area contributed by atoms with Crippen molar-refractivity contribution in [2.45, 2.75) is 72.3 Å². The van der Waals surface area contributed by atoms with Crippen LogP contribution >= 0.6 is 0 Å². The Kier molecular flexibility index (Phi) is 7.61. The van der Waals surface area contributed by atoms with Gasteiger partial charge in [0, 0.05) is 31.6 Å². The van der Waals surface area contributed by atoms with Gasteiger partial charge in [0.15, 0.2) is 0 Å². The van der Waals surface area contributed by atoms with E-state index in [4.69, 9.17) is 0 Å². The van der Waals surface area contributed by atoms with E-state index in [1.165, 1.54) is 71.2 Å². The minimum absolute atomic E-state index is 0.138. The molecule has 0 aromatic rings. The van der Waals surface area contributed by atoms with E-state index in [9.17, 15) is 4.79 Å². The van der Waals surface area contributed by atoms with Crippen molar-refractivity contribution in [2.24, 2.45) is 23.7 Å². The molecule has 3 saturated heterocycles. The zero-order valence-corrected chi connectivity index (χ0v) is 18.3. The number of rotatable bonds is 5. The molecule has 0 unspecified atom stereocenters. The molecule has 3 rings (SSSR count). The van der Waals surface area contributed by atoms with Crippen LogP contribution in [0.1, 0.15) is 66.2 Å². The van der Waals surface area contributed by atoms with Crippen molar-refractivity contribution in [3.8, 4) is 0 Å². The second-order valence-electron chi connectivity index (χ2n) is 10.1. The van der Waals surface area contributed by atoms with Crippen LogP contribution in [0.4, 0.5) is 0 Å². The molecule has 0 aromatic carbocycles. The summed E-state index contributed by atoms with van der Waals surface area (Å²) < 4.78 is 0. The van der Waals surface area contributed by atoms with Crippen LogP contribution in [0.25, 0.3) is 0 Å². The molecule has 4 nitrogen and oxygen atoms in total. The number of hydrogen-bond donors (Lipinski definition) is 0. The van der Waals surface area contributed by atoms with Crippen molar-refractivity contribution in [2.75, 3.05) is 45.8 Å². The van der Waals surface area contributed by atoms with E-state index in [0.717, 1.165) is 31.0 Å². The standard InChI is InChI=1S/C23H43N3O/c1-18(2)21-7-14-25(15-8-21)22-9-12-24(13-10-22)16-20-6-5-11-26(17-20)23(27)19(3)4/h18-22H,5-17H2,1-4H3/t20-/m1/s1. The van der Waals surface area contributed by atoms with Gasteiger partial charge in [-0.15, -0.1) is 0 Å². The molecule has 0 aliphatic carbocycles. The highest BCUT2D eigenvalue weighted by atomic mass is 16.2. The lowest BCUT2D eigenvalue weighted by Crippen LogP contribution is -2.50. The summed E-state index contributed by atoms with van der Waals surface area (Å²) in [6.07, 6.45) is 7.97. The third kappa shape index (κ3) is 5.69. The molecule has 0 N–H and O–H groups in total. The van der Waals surface area contributed by atoms with Crippen LogP contribution < -0.4 is 0 Å². The Morgan fingerprint density at radius 2 is 1.56 bits per heavy atom. The lowest BCUT2D eigenvalue weighted by atomic mass is 9.85. The van der Waals surface area contributed by atoms with E-state index >= 15 is 0 Å². The summed E-state index contributed by atoms with van der Waals surface area (Å²) in [6, 6.07) is 0.819. The minimum Gasteiger partial charge on any atom is -0.342 e. The van der Waals surface area contributed by atoms with Gasteiger partial charge in [-0.05, 0) is 82.5 Å². The monoisotopic (exact) mass is 377 g/mol. The Balaban J connectivity index is 1.39. The van der Waals surface area contributed by atoms with E-state index in [-0.39, 0.29) is 5.92 Å². The van der Waals surface area contributed by atoms with Crippen molar-refractivity contribution in [1.82, 2.24) is 14.7 Å². The summed E-state index contributed by atoms with van der Waals surface area (Å²) in [7, 11) is 0. The Morgan fingerprint density at radius 3 is 2.15 bits per heavy atom. The third-order valence-corrected chi connectivity index (χ3v) is 7.43. The topological polar surface area (TPSA) is 26.8 Å². The summed E-state index contributed by atoms with van der Waals surface area (Å²) in [4.78, 5) is 19.9. The Hall–Kier alpha value is -0.610. The average Bonchev–Trinajstić information content (AvgIpc) is 2.68. The quantitative estimate of drug-likeness (QED) is 0.731. The molecule has 3 aliphatic heterocycles. The number of nitrogens with zero attached hydrogens (tertiary/aromatic N) is 3. The van der Waals surface area contributed by atoms with Gasteiger partial charge in [0.2, 0.25) is 5.91 Å². The van der Waals surface area contributed by atoms with E-state index in [0.29, 0.717) is 11.8 Å². The second kappa shape index (κ2) is 9.73. The highest BCUT2D eigenvalue weighted by Gasteiger charge is 2.31. The number of carbonyl (C=O) groups excluding carboxylic acids is 1. The van der Waals surface area contributed by atoms with Crippen molar-refractivity contribution < 1.29 is 4.79 Å². The molecule has 0 radical (unpaired) electrons. The summed E-state index contributed by atoms with van der Waals surface area (Å²) in [5, 5.41) is 0. The fourth-order valence-corrected chi connectivity index (χ4v) is 5.56. The average molecular weight is 378 g/mol. The third-order valence-electron chi connectivity index (χ3n) is 7.43. The van der Waals surface area contributed by atoms with Crippen LogP contribution in [0.2, 0.25) is 0 Å². The SMILES string of the molecule is CC(C)C(=O)N1CCC[C@H](CN2CCC(N3CCC(C(C)C)CC3)CC2)C1. The first kappa shape index (κ1) is 21.1. The maximum atomic E-state index is 12.3. The molecular formula is C23H43N3O. The molecule has 3 fully saturated rings. The fraction of sp³-hybridized carbons (Fsp3) is 0.957. The van der Waals surface area contributed by atoms with Crippen LogP contribution in [0.5, 0.6) is 0 Å². The van der Waals surface area contributed by atoms with E-state index in [1.807, 2.05) is 13.8 Å². The lowest BCUT2D eigenvalue weighted by Gasteiger charge is -2.43. The molecule has 156 valence electrons. The molecule has 0 saturated carbocycles. The van der Waals surface area contributed by atoms with Gasteiger partial charge in [0.05, 0.1) is 0 Å². The summed E-state index contributed by atoms with van der Waals surface area (Å²) in [5.74, 6) is 2.97. The van der Waals surface area contributed by atoms with Gasteiger partial charge in [-0.3, -0.25) is 4.79 Å². The maximum Gasteiger partial charge on any atom is 0.225 e. The molecule has 0 aromatic heterocycles. The highest BCUT2D eigenvalue weighted by molar-refractivity contribution is 5.78. The van der Waals surface area contributed by atoms with Gasteiger partial charge in [-0.1, -0.05) is 27.7 Å². The van der Waals surface area contributed by atoms with E-state index in [2.05, 4.69) is 28.5 Å². The second-order valence-corrected chi connectivity index (χ2v) is 10.1. The van der Waals surface area contributed by atoms with Crippen LogP contribution in [0, 0.1) is 23.7 Å². The van der Waals surface area contributed by atoms with Gasteiger partial charge < -0.3 is 14.7 Å². The Morgan fingerprint density at radius 1 is 0.889 bits per heavy atom. The first-order valence-corrected chi connectivity index (χ1v) is 11.7. The van der Waals surface area contributed by atoms with Crippen molar-refractivity contribution >= 4 is 5.91 Å². The zero-order chi connectivity index (χ0) is 19.4. The van der Waals surface area contributed by atoms with Gasteiger partial charge in [0.25, 0.3) is 0 Å². The maximum absolute atomic E-state index is 12.3. The van der Waals surface area contributed by atoms with Crippen molar-refractivity contribution in [1.29, 1.82) is 0 Å². The summed E-state index contributed by atoms with van der Waals surface area (Å²) in [6.45, 7) is 17.1. The predicted octanol–water partition coefficient (Wildman–Crippen LogP) is 3.71. The van der Waals surface area contributed by atoms with E-state index in [1.54, 1.807) is 0 Å². The molecule has 3 aliphatic rings. The normalized spacial score (nSPS) is 27.6.